The number of aliphatic hydroxyl groups excluding tert-OH is 1. The zero-order valence-corrected chi connectivity index (χ0v) is 15.6. The van der Waals surface area contributed by atoms with Crippen LogP contribution in [0.2, 0.25) is 0 Å². The molecule has 0 aliphatic heterocycles. The first-order valence-corrected chi connectivity index (χ1v) is 8.12. The molecular formula is C17H17F11O2. The summed E-state index contributed by atoms with van der Waals surface area (Å²) in [6, 6.07) is 4.05. The van der Waals surface area contributed by atoms with Gasteiger partial charge in [-0.15, -0.1) is 0 Å². The third-order valence-corrected chi connectivity index (χ3v) is 3.74. The lowest BCUT2D eigenvalue weighted by Gasteiger charge is -2.37. The van der Waals surface area contributed by atoms with Crippen molar-refractivity contribution in [1.29, 1.82) is 0 Å². The largest absolute Gasteiger partial charge is 0.488 e. The van der Waals surface area contributed by atoms with Gasteiger partial charge in [-0.1, -0.05) is 12.1 Å². The van der Waals surface area contributed by atoms with Crippen LogP contribution in [0.4, 0.5) is 48.3 Å². The lowest BCUT2D eigenvalue weighted by atomic mass is 9.92. The van der Waals surface area contributed by atoms with E-state index in [9.17, 15) is 53.4 Å². The smallest absolute Gasteiger partial charge is 0.460 e. The molecule has 0 saturated heterocycles. The maximum Gasteiger partial charge on any atom is 0.460 e. The molecule has 0 aromatic heterocycles. The molecule has 0 radical (unpaired) electrons. The fraction of sp³-hybridized carbons (Fsp3) is 0.647. The van der Waals surface area contributed by atoms with Gasteiger partial charge < -0.3 is 9.84 Å². The van der Waals surface area contributed by atoms with Gasteiger partial charge in [-0.3, -0.25) is 0 Å². The molecule has 0 bridgehead atoms. The Morgan fingerprint density at radius 1 is 0.733 bits per heavy atom. The summed E-state index contributed by atoms with van der Waals surface area (Å²) in [4.78, 5) is 0. The average molecular weight is 462 g/mol. The lowest BCUT2D eigenvalue weighted by molar-refractivity contribution is -0.423. The van der Waals surface area contributed by atoms with Gasteiger partial charge >= 0.3 is 29.9 Å². The third kappa shape index (κ3) is 4.92. The van der Waals surface area contributed by atoms with Crippen molar-refractivity contribution in [2.75, 3.05) is 0 Å². The van der Waals surface area contributed by atoms with E-state index in [1.807, 2.05) is 0 Å². The standard InChI is InChI=1S/C17H17F11O2/c1-12(2,3)30-10-6-4-9(5-7-10)11(29)8-13(18,19)14(20,21)15(22,23)16(24,25)17(26,27)28/h4-7,11,29H,8H2,1-3H3. The topological polar surface area (TPSA) is 29.5 Å². The Kier molecular flexibility index (Phi) is 6.75. The van der Waals surface area contributed by atoms with Crippen LogP contribution < -0.4 is 4.74 Å². The Balaban J connectivity index is 3.13. The monoisotopic (exact) mass is 462 g/mol. The molecule has 0 spiro atoms. The summed E-state index contributed by atoms with van der Waals surface area (Å²) in [5.41, 5.74) is -1.21. The van der Waals surface area contributed by atoms with E-state index in [0.29, 0.717) is 0 Å². The molecule has 30 heavy (non-hydrogen) atoms. The van der Waals surface area contributed by atoms with Crippen molar-refractivity contribution < 1.29 is 58.1 Å². The molecule has 0 aliphatic carbocycles. The molecular weight excluding hydrogens is 445 g/mol. The van der Waals surface area contributed by atoms with E-state index in [4.69, 9.17) is 4.74 Å². The zero-order valence-electron chi connectivity index (χ0n) is 15.6. The van der Waals surface area contributed by atoms with Crippen LogP contribution in [-0.2, 0) is 0 Å². The van der Waals surface area contributed by atoms with Crippen LogP contribution in [0.15, 0.2) is 24.3 Å². The second-order valence-corrected chi connectivity index (χ2v) is 7.43. The zero-order chi connectivity index (χ0) is 24.0. The average Bonchev–Trinajstić information content (AvgIpc) is 2.51. The molecule has 2 nitrogen and oxygen atoms in total. The molecule has 0 aliphatic rings. The van der Waals surface area contributed by atoms with E-state index >= 15 is 0 Å². The van der Waals surface area contributed by atoms with Crippen molar-refractivity contribution in [1.82, 2.24) is 0 Å². The van der Waals surface area contributed by atoms with E-state index in [0.717, 1.165) is 24.3 Å². The van der Waals surface area contributed by atoms with Crippen LogP contribution in [0.3, 0.4) is 0 Å². The van der Waals surface area contributed by atoms with Gasteiger partial charge in [0.15, 0.2) is 0 Å². The fourth-order valence-electron chi connectivity index (χ4n) is 2.21. The fourth-order valence-corrected chi connectivity index (χ4v) is 2.21. The summed E-state index contributed by atoms with van der Waals surface area (Å²) in [5.74, 6) is -28.1. The molecule has 13 heteroatoms. The molecule has 0 heterocycles. The van der Waals surface area contributed by atoms with Gasteiger partial charge in [-0.2, -0.15) is 48.3 Å². The molecule has 174 valence electrons. The predicted molar refractivity (Wildman–Crippen MR) is 82.2 cm³/mol. The molecule has 1 atom stereocenters. The van der Waals surface area contributed by atoms with Crippen LogP contribution in [0.1, 0.15) is 38.9 Å². The molecule has 1 N–H and O–H groups in total. The van der Waals surface area contributed by atoms with Crippen molar-refractivity contribution in [3.63, 3.8) is 0 Å². The highest BCUT2D eigenvalue weighted by Gasteiger charge is 2.87. The summed E-state index contributed by atoms with van der Waals surface area (Å²) < 4.78 is 148. The van der Waals surface area contributed by atoms with Crippen LogP contribution >= 0.6 is 0 Å². The van der Waals surface area contributed by atoms with E-state index < -0.39 is 53.6 Å². The molecule has 1 aromatic carbocycles. The Labute approximate surface area is 163 Å². The highest BCUT2D eigenvalue weighted by molar-refractivity contribution is 5.29. The minimum atomic E-state index is -7.49. The number of alkyl halides is 11. The van der Waals surface area contributed by atoms with Gasteiger partial charge in [0.05, 0.1) is 6.10 Å². The molecule has 1 rings (SSSR count). The SMILES string of the molecule is CC(C)(C)Oc1ccc(C(O)CC(F)(F)C(F)(F)C(F)(F)C(F)(F)C(F)(F)F)cc1. The molecule has 1 aromatic rings. The van der Waals surface area contributed by atoms with Gasteiger partial charge in [0.25, 0.3) is 0 Å². The van der Waals surface area contributed by atoms with E-state index in [1.54, 1.807) is 20.8 Å². The minimum Gasteiger partial charge on any atom is -0.488 e. The van der Waals surface area contributed by atoms with Crippen LogP contribution in [0.25, 0.3) is 0 Å². The van der Waals surface area contributed by atoms with Crippen molar-refractivity contribution in [3.05, 3.63) is 29.8 Å². The summed E-state index contributed by atoms with van der Waals surface area (Å²) in [6.45, 7) is 4.94. The first kappa shape index (κ1) is 26.2. The molecule has 1 unspecified atom stereocenters. The first-order valence-electron chi connectivity index (χ1n) is 8.12. The number of hydrogen-bond acceptors (Lipinski definition) is 2. The van der Waals surface area contributed by atoms with E-state index in [-0.39, 0.29) is 5.75 Å². The Hall–Kier alpha value is -1.79. The van der Waals surface area contributed by atoms with Crippen molar-refractivity contribution in [2.24, 2.45) is 0 Å². The normalized spacial score (nSPS) is 15.8. The Morgan fingerprint density at radius 3 is 1.53 bits per heavy atom. The predicted octanol–water partition coefficient (Wildman–Crippen LogP) is 6.39. The number of halogens is 11. The second-order valence-electron chi connectivity index (χ2n) is 7.43. The molecule has 0 fully saturated rings. The summed E-state index contributed by atoms with van der Waals surface area (Å²) in [6.07, 6.45) is -12.4. The maximum absolute atomic E-state index is 13.7. The van der Waals surface area contributed by atoms with Crippen molar-refractivity contribution in [3.8, 4) is 5.75 Å². The van der Waals surface area contributed by atoms with Gasteiger partial charge in [-0.25, -0.2) is 0 Å². The Morgan fingerprint density at radius 2 is 1.17 bits per heavy atom. The highest BCUT2D eigenvalue weighted by Crippen LogP contribution is 2.58. The number of rotatable bonds is 7. The van der Waals surface area contributed by atoms with E-state index in [1.165, 1.54) is 0 Å². The van der Waals surface area contributed by atoms with Gasteiger partial charge in [0.2, 0.25) is 0 Å². The number of aliphatic hydroxyl groups is 1. The minimum absolute atomic E-state index is 0.159. The van der Waals surface area contributed by atoms with Crippen molar-refractivity contribution >= 4 is 0 Å². The third-order valence-electron chi connectivity index (χ3n) is 3.74. The summed E-state index contributed by atoms with van der Waals surface area (Å²) >= 11 is 0. The van der Waals surface area contributed by atoms with Crippen LogP contribution in [0, 0.1) is 0 Å². The van der Waals surface area contributed by atoms with Gasteiger partial charge in [0, 0.05) is 6.42 Å². The maximum atomic E-state index is 13.7. The Bertz CT molecular complexity index is 719. The summed E-state index contributed by atoms with van der Waals surface area (Å²) in [5, 5.41) is 9.66. The highest BCUT2D eigenvalue weighted by atomic mass is 19.4. The van der Waals surface area contributed by atoms with E-state index in [2.05, 4.69) is 0 Å². The quantitative estimate of drug-likeness (QED) is 0.476. The van der Waals surface area contributed by atoms with Gasteiger partial charge in [-0.05, 0) is 38.5 Å². The van der Waals surface area contributed by atoms with Gasteiger partial charge in [0.1, 0.15) is 11.4 Å². The summed E-state index contributed by atoms with van der Waals surface area (Å²) in [7, 11) is 0. The van der Waals surface area contributed by atoms with Crippen LogP contribution in [-0.4, -0.2) is 40.6 Å². The number of benzene rings is 1. The van der Waals surface area contributed by atoms with Crippen LogP contribution in [0.5, 0.6) is 5.75 Å². The molecule has 0 saturated carbocycles. The molecule has 0 amide bonds. The van der Waals surface area contributed by atoms with Crippen molar-refractivity contribution in [2.45, 2.75) is 68.8 Å². The number of hydrogen-bond donors (Lipinski definition) is 1. The first-order chi connectivity index (χ1) is 13.1. The number of ether oxygens (including phenoxy) is 1. The lowest BCUT2D eigenvalue weighted by Crippen LogP contribution is -2.66. The second kappa shape index (κ2) is 7.72.